The molecule has 1 atom stereocenters. The maximum absolute atomic E-state index is 14.1. The van der Waals surface area contributed by atoms with E-state index in [1.807, 2.05) is 64.1 Å². The van der Waals surface area contributed by atoms with E-state index in [4.69, 9.17) is 14.5 Å². The summed E-state index contributed by atoms with van der Waals surface area (Å²) in [5.41, 5.74) is 5.78. The van der Waals surface area contributed by atoms with Crippen LogP contribution in [0.15, 0.2) is 51.4 Å². The molecule has 5 rings (SSSR count). The number of benzene rings is 1. The zero-order valence-corrected chi connectivity index (χ0v) is 26.5. The van der Waals surface area contributed by atoms with Crippen molar-refractivity contribution in [3.05, 3.63) is 99.8 Å². The van der Waals surface area contributed by atoms with Crippen molar-refractivity contribution >= 4 is 34.7 Å². The molecule has 216 valence electrons. The number of fused-ring (bicyclic) bond motifs is 1. The van der Waals surface area contributed by atoms with Crippen LogP contribution in [0, 0.1) is 39.0 Å². The van der Waals surface area contributed by atoms with Gasteiger partial charge >= 0.3 is 5.97 Å². The number of nitrogens with zero attached hydrogens (tertiary/aromatic N) is 4. The number of methoxy groups -OCH3 is 1. The lowest BCUT2D eigenvalue weighted by Crippen LogP contribution is -2.40. The van der Waals surface area contributed by atoms with Crippen molar-refractivity contribution in [2.45, 2.75) is 60.6 Å². The quantitative estimate of drug-likeness (QED) is 0.285. The second-order valence-electron chi connectivity index (χ2n) is 10.5. The normalized spacial score (nSPS) is 15.0. The van der Waals surface area contributed by atoms with Gasteiger partial charge in [0, 0.05) is 16.3 Å². The zero-order valence-electron chi connectivity index (χ0n) is 24.9. The number of aryl methyl sites for hydroxylation is 2. The van der Waals surface area contributed by atoms with Gasteiger partial charge < -0.3 is 14.0 Å². The van der Waals surface area contributed by atoms with Gasteiger partial charge in [0.2, 0.25) is 0 Å². The lowest BCUT2D eigenvalue weighted by atomic mass is 9.96. The Hall–Kier alpha value is -4.20. The van der Waals surface area contributed by atoms with Gasteiger partial charge in [-0.3, -0.25) is 9.36 Å². The summed E-state index contributed by atoms with van der Waals surface area (Å²) in [7, 11) is 1.59. The Morgan fingerprint density at radius 3 is 2.43 bits per heavy atom. The van der Waals surface area contributed by atoms with Gasteiger partial charge in [-0.2, -0.15) is 5.26 Å². The number of esters is 1. The molecule has 0 aliphatic carbocycles. The molecule has 1 aromatic carbocycles. The smallest absolute Gasteiger partial charge is 0.338 e. The molecule has 1 aliphatic heterocycles. The molecule has 0 bridgehead atoms. The van der Waals surface area contributed by atoms with Gasteiger partial charge in [-0.1, -0.05) is 23.5 Å². The van der Waals surface area contributed by atoms with E-state index < -0.39 is 12.0 Å². The molecule has 0 radical (unpaired) electrons. The van der Waals surface area contributed by atoms with Crippen LogP contribution in [-0.4, -0.2) is 28.3 Å². The van der Waals surface area contributed by atoms with E-state index in [0.29, 0.717) is 31.9 Å². The molecule has 3 aromatic heterocycles. The minimum Gasteiger partial charge on any atom is -0.497 e. The highest BCUT2D eigenvalue weighted by molar-refractivity contribution is 7.15. The molecule has 1 aliphatic rings. The number of aromatic nitrogens is 2. The maximum Gasteiger partial charge on any atom is 0.338 e. The van der Waals surface area contributed by atoms with Gasteiger partial charge in [-0.25, -0.2) is 9.79 Å². The third kappa shape index (κ3) is 4.93. The van der Waals surface area contributed by atoms with E-state index >= 15 is 0 Å². The largest absolute Gasteiger partial charge is 0.497 e. The lowest BCUT2D eigenvalue weighted by molar-refractivity contribution is -0.143. The number of carbonyl (C=O) groups is 1. The number of carbonyl (C=O) groups excluding carboxylic acids is 1. The Morgan fingerprint density at radius 1 is 1.12 bits per heavy atom. The summed E-state index contributed by atoms with van der Waals surface area (Å²) in [6, 6.07) is 11.0. The topological polar surface area (TPSA) is 98.6 Å². The van der Waals surface area contributed by atoms with Gasteiger partial charge in [0.1, 0.15) is 16.8 Å². The predicted octanol–water partition coefficient (Wildman–Crippen LogP) is 5.15. The Labute approximate surface area is 252 Å². The second-order valence-corrected chi connectivity index (χ2v) is 12.8. The summed E-state index contributed by atoms with van der Waals surface area (Å²) >= 11 is 2.88. The summed E-state index contributed by atoms with van der Waals surface area (Å²) in [6.45, 7) is 13.3. The van der Waals surface area contributed by atoms with Crippen LogP contribution in [0.5, 0.6) is 5.75 Å². The molecule has 0 saturated carbocycles. The molecule has 0 fully saturated rings. The minimum atomic E-state index is -0.705. The standard InChI is InChI=1S/C32H32N4O4S2/c1-16(2)40-31(38)27-19(5)34-32-36(28(27)22-9-11-24(39-8)12-10-22)29(37)26(42-32)14-23-13-17(3)35(20(23)6)30-25(15-33)18(4)21(7)41-30/h9-14,16,28H,1-8H3/b26-14+/t28-/m1/s1. The fraction of sp³-hybridized carbons (Fsp3) is 0.312. The molecule has 4 heterocycles. The summed E-state index contributed by atoms with van der Waals surface area (Å²) in [6.07, 6.45) is 1.55. The Kier molecular flexibility index (Phi) is 7.84. The average Bonchev–Trinajstić information content (AvgIpc) is 3.51. The molecule has 0 amide bonds. The van der Waals surface area contributed by atoms with E-state index in [0.717, 1.165) is 38.0 Å². The fourth-order valence-corrected chi connectivity index (χ4v) is 7.50. The zero-order chi connectivity index (χ0) is 30.5. The summed E-state index contributed by atoms with van der Waals surface area (Å²) < 4.78 is 15.1. The Morgan fingerprint density at radius 2 is 1.81 bits per heavy atom. The van der Waals surface area contributed by atoms with Crippen LogP contribution in [0.4, 0.5) is 0 Å². The fourth-order valence-electron chi connectivity index (χ4n) is 5.25. The van der Waals surface area contributed by atoms with Crippen molar-refractivity contribution in [2.24, 2.45) is 4.99 Å². The van der Waals surface area contributed by atoms with E-state index in [2.05, 4.69) is 10.6 Å². The van der Waals surface area contributed by atoms with E-state index in [-0.39, 0.29) is 11.7 Å². The number of nitriles is 1. The van der Waals surface area contributed by atoms with Crippen molar-refractivity contribution in [1.29, 1.82) is 5.26 Å². The predicted molar refractivity (Wildman–Crippen MR) is 165 cm³/mol. The molecule has 10 heteroatoms. The molecule has 0 unspecified atom stereocenters. The highest BCUT2D eigenvalue weighted by Crippen LogP contribution is 2.34. The van der Waals surface area contributed by atoms with E-state index in [1.165, 1.54) is 11.3 Å². The number of hydrogen-bond acceptors (Lipinski definition) is 8. The highest BCUT2D eigenvalue weighted by atomic mass is 32.1. The number of thiazole rings is 1. The van der Waals surface area contributed by atoms with Gasteiger partial charge in [-0.15, -0.1) is 11.3 Å². The Bertz CT molecular complexity index is 1980. The van der Waals surface area contributed by atoms with Crippen LogP contribution >= 0.6 is 22.7 Å². The third-order valence-electron chi connectivity index (χ3n) is 7.45. The summed E-state index contributed by atoms with van der Waals surface area (Å²) in [5, 5.41) is 10.7. The van der Waals surface area contributed by atoms with Gasteiger partial charge in [0.15, 0.2) is 4.80 Å². The molecule has 4 aromatic rings. The van der Waals surface area contributed by atoms with E-state index in [9.17, 15) is 14.9 Å². The lowest BCUT2D eigenvalue weighted by Gasteiger charge is -2.25. The monoisotopic (exact) mass is 600 g/mol. The van der Waals surface area contributed by atoms with Crippen molar-refractivity contribution in [3.63, 3.8) is 0 Å². The second kappa shape index (κ2) is 11.2. The maximum atomic E-state index is 14.1. The van der Waals surface area contributed by atoms with Crippen molar-refractivity contribution in [3.8, 4) is 16.8 Å². The SMILES string of the molecule is COc1ccc([C@@H]2C(C(=O)OC(C)C)=C(C)N=c3s/c(=C/c4cc(C)n(-c5sc(C)c(C)c5C#N)c4C)c(=O)n32)cc1. The van der Waals surface area contributed by atoms with Crippen molar-refractivity contribution in [1.82, 2.24) is 9.13 Å². The molecule has 0 spiro atoms. The van der Waals surface area contributed by atoms with E-state index in [1.54, 1.807) is 43.8 Å². The molecule has 8 nitrogen and oxygen atoms in total. The number of rotatable bonds is 6. The minimum absolute atomic E-state index is 0.243. The van der Waals surface area contributed by atoms with Gasteiger partial charge in [-0.05, 0) is 89.4 Å². The average molecular weight is 601 g/mol. The Balaban J connectivity index is 1.69. The van der Waals surface area contributed by atoms with Crippen molar-refractivity contribution < 1.29 is 14.3 Å². The molecular weight excluding hydrogens is 569 g/mol. The van der Waals surface area contributed by atoms with Gasteiger partial charge in [0.05, 0.1) is 40.6 Å². The van der Waals surface area contributed by atoms with Crippen LogP contribution in [0.2, 0.25) is 0 Å². The summed E-state index contributed by atoms with van der Waals surface area (Å²) in [4.78, 5) is 33.7. The molecule has 42 heavy (non-hydrogen) atoms. The highest BCUT2D eigenvalue weighted by Gasteiger charge is 2.34. The third-order valence-corrected chi connectivity index (χ3v) is 9.63. The van der Waals surface area contributed by atoms with Crippen molar-refractivity contribution in [2.75, 3.05) is 7.11 Å². The van der Waals surface area contributed by atoms with Crippen LogP contribution in [0.3, 0.4) is 0 Å². The molecule has 0 N–H and O–H groups in total. The number of thiophene rings is 1. The van der Waals surface area contributed by atoms with Crippen LogP contribution in [0.1, 0.15) is 65.3 Å². The first-order valence-corrected chi connectivity index (χ1v) is 15.2. The first-order chi connectivity index (χ1) is 20.0. The first-order valence-electron chi connectivity index (χ1n) is 13.5. The van der Waals surface area contributed by atoms with Crippen LogP contribution < -0.4 is 19.6 Å². The molecule has 0 saturated heterocycles. The number of ether oxygens (including phenoxy) is 2. The summed E-state index contributed by atoms with van der Waals surface area (Å²) in [5.74, 6) is 0.170. The van der Waals surface area contributed by atoms with Crippen LogP contribution in [0.25, 0.3) is 11.1 Å². The van der Waals surface area contributed by atoms with Gasteiger partial charge in [0.25, 0.3) is 5.56 Å². The number of allylic oxidation sites excluding steroid dienone is 1. The number of hydrogen-bond donors (Lipinski definition) is 0. The molecular formula is C32H32N4O4S2. The van der Waals surface area contributed by atoms with Crippen LogP contribution in [-0.2, 0) is 9.53 Å². The first kappa shape index (κ1) is 29.3.